The molecule has 1 aromatic heterocycles. The van der Waals surface area contributed by atoms with Gasteiger partial charge in [0.15, 0.2) is 0 Å². The van der Waals surface area contributed by atoms with Crippen molar-refractivity contribution in [2.45, 2.75) is 57.5 Å². The van der Waals surface area contributed by atoms with E-state index in [1.54, 1.807) is 7.11 Å². The average molecular weight is 394 g/mol. The number of aromatic nitrogens is 1. The lowest BCUT2D eigenvalue weighted by Gasteiger charge is -2.39. The highest BCUT2D eigenvalue weighted by molar-refractivity contribution is 5.73. The number of carbonyl (C=O) groups is 1. The first kappa shape index (κ1) is 21.6. The third-order valence-electron chi connectivity index (χ3n) is 4.93. The van der Waals surface area contributed by atoms with Crippen molar-refractivity contribution in [1.29, 1.82) is 0 Å². The van der Waals surface area contributed by atoms with Gasteiger partial charge < -0.3 is 19.1 Å². The predicted molar refractivity (Wildman–Crippen MR) is 88.3 cm³/mol. The molecule has 2 fully saturated rings. The molecule has 1 spiro atoms. The average Bonchev–Trinajstić information content (AvgIpc) is 3.13. The SMILES string of the molecule is CO[C@@H]1CO[C@@]2(CCCN(Cc3c(C)noc3C)C2)C1.O=C(O)C(F)(F)F. The number of halogens is 3. The van der Waals surface area contributed by atoms with Gasteiger partial charge in [-0.15, -0.1) is 0 Å². The third kappa shape index (κ3) is 5.66. The molecule has 1 aromatic rings. The standard InChI is InChI=1S/C15H24N2O3.C2HF3O2/c1-11-14(12(2)20-16-11)8-17-6-4-5-15(10-17)7-13(18-3)9-19-15;3-2(4,5)1(6)7/h13H,4-10H2,1-3H3;(H,6,7)/t13-,15-;/m0./s1. The summed E-state index contributed by atoms with van der Waals surface area (Å²) >= 11 is 0. The summed E-state index contributed by atoms with van der Waals surface area (Å²) in [5.74, 6) is -1.82. The molecule has 2 aliphatic rings. The third-order valence-corrected chi connectivity index (χ3v) is 4.93. The van der Waals surface area contributed by atoms with Crippen LogP contribution in [0.1, 0.15) is 36.3 Å². The highest BCUT2D eigenvalue weighted by Gasteiger charge is 2.43. The van der Waals surface area contributed by atoms with Crippen LogP contribution in [0.2, 0.25) is 0 Å². The summed E-state index contributed by atoms with van der Waals surface area (Å²) < 4.78 is 48.5. The van der Waals surface area contributed by atoms with Crippen molar-refractivity contribution in [2.75, 3.05) is 26.8 Å². The Kier molecular flexibility index (Phi) is 6.87. The smallest absolute Gasteiger partial charge is 0.475 e. The first-order valence-corrected chi connectivity index (χ1v) is 8.67. The van der Waals surface area contributed by atoms with Gasteiger partial charge in [-0.05, 0) is 33.2 Å². The Bertz CT molecular complexity index is 630. The monoisotopic (exact) mass is 394 g/mol. The summed E-state index contributed by atoms with van der Waals surface area (Å²) in [5.41, 5.74) is 2.23. The first-order chi connectivity index (χ1) is 12.6. The highest BCUT2D eigenvalue weighted by atomic mass is 19.4. The number of alkyl halides is 3. The zero-order valence-corrected chi connectivity index (χ0v) is 15.6. The fourth-order valence-corrected chi connectivity index (χ4v) is 3.51. The maximum atomic E-state index is 10.6. The van der Waals surface area contributed by atoms with E-state index >= 15 is 0 Å². The van der Waals surface area contributed by atoms with Crippen LogP contribution < -0.4 is 0 Å². The summed E-state index contributed by atoms with van der Waals surface area (Å²) in [5, 5.41) is 11.2. The molecule has 154 valence electrons. The summed E-state index contributed by atoms with van der Waals surface area (Å²) in [6.07, 6.45) is -1.49. The van der Waals surface area contributed by atoms with E-state index in [0.29, 0.717) is 0 Å². The number of likely N-dealkylation sites (tertiary alicyclic amines) is 1. The Hall–Kier alpha value is -1.65. The van der Waals surface area contributed by atoms with Crippen LogP contribution in [-0.2, 0) is 20.8 Å². The number of hydrogen-bond donors (Lipinski definition) is 1. The number of hydrogen-bond acceptors (Lipinski definition) is 6. The molecule has 1 N–H and O–H groups in total. The Labute approximate surface area is 155 Å². The molecule has 2 aliphatic heterocycles. The van der Waals surface area contributed by atoms with E-state index in [1.807, 2.05) is 13.8 Å². The molecular formula is C17H25F3N2O5. The van der Waals surface area contributed by atoms with Crippen molar-refractivity contribution in [3.63, 3.8) is 0 Å². The van der Waals surface area contributed by atoms with Crippen molar-refractivity contribution in [2.24, 2.45) is 0 Å². The lowest BCUT2D eigenvalue weighted by molar-refractivity contribution is -0.192. The van der Waals surface area contributed by atoms with Crippen LogP contribution >= 0.6 is 0 Å². The normalized spacial score (nSPS) is 26.1. The van der Waals surface area contributed by atoms with Crippen molar-refractivity contribution < 1.29 is 37.1 Å². The fraction of sp³-hybridized carbons (Fsp3) is 0.765. The molecule has 0 aromatic carbocycles. The lowest BCUT2D eigenvalue weighted by Crippen LogP contribution is -2.47. The molecule has 7 nitrogen and oxygen atoms in total. The van der Waals surface area contributed by atoms with E-state index < -0.39 is 12.1 Å². The number of methoxy groups -OCH3 is 1. The number of carboxylic acids is 1. The second kappa shape index (κ2) is 8.57. The number of ether oxygens (including phenoxy) is 2. The zero-order chi connectivity index (χ0) is 20.2. The second-order valence-electron chi connectivity index (χ2n) is 6.98. The van der Waals surface area contributed by atoms with Crippen molar-refractivity contribution in [3.8, 4) is 0 Å². The molecule has 0 saturated carbocycles. The number of piperidine rings is 1. The number of aryl methyl sites for hydroxylation is 2. The van der Waals surface area contributed by atoms with E-state index in [0.717, 1.165) is 50.5 Å². The zero-order valence-electron chi connectivity index (χ0n) is 15.6. The van der Waals surface area contributed by atoms with Gasteiger partial charge in [0.1, 0.15) is 5.76 Å². The number of aliphatic carboxylic acids is 1. The molecule has 2 saturated heterocycles. The van der Waals surface area contributed by atoms with Crippen LogP contribution in [0.3, 0.4) is 0 Å². The van der Waals surface area contributed by atoms with Crippen LogP contribution in [0, 0.1) is 13.8 Å². The molecule has 10 heteroatoms. The van der Waals surface area contributed by atoms with Gasteiger partial charge in [0.25, 0.3) is 0 Å². The van der Waals surface area contributed by atoms with Crippen molar-refractivity contribution in [3.05, 3.63) is 17.0 Å². The van der Waals surface area contributed by atoms with Gasteiger partial charge >= 0.3 is 12.1 Å². The predicted octanol–water partition coefficient (Wildman–Crippen LogP) is 2.69. The molecule has 0 unspecified atom stereocenters. The van der Waals surface area contributed by atoms with E-state index in [1.165, 1.54) is 12.0 Å². The summed E-state index contributed by atoms with van der Waals surface area (Å²) in [6.45, 7) is 7.74. The molecule has 0 aliphatic carbocycles. The number of carboxylic acid groups (broad SMARTS) is 1. The highest BCUT2D eigenvalue weighted by Crippen LogP contribution is 2.36. The quantitative estimate of drug-likeness (QED) is 0.844. The van der Waals surface area contributed by atoms with Gasteiger partial charge in [0.2, 0.25) is 0 Å². The second-order valence-corrected chi connectivity index (χ2v) is 6.98. The van der Waals surface area contributed by atoms with Gasteiger partial charge in [0.05, 0.1) is 24.0 Å². The van der Waals surface area contributed by atoms with Gasteiger partial charge in [-0.25, -0.2) is 4.79 Å². The minimum Gasteiger partial charge on any atom is -0.475 e. The maximum Gasteiger partial charge on any atom is 0.490 e. The maximum absolute atomic E-state index is 10.6. The minimum atomic E-state index is -5.08. The minimum absolute atomic E-state index is 0.00208. The Morgan fingerprint density at radius 2 is 2.11 bits per heavy atom. The Morgan fingerprint density at radius 1 is 1.44 bits per heavy atom. The fourth-order valence-electron chi connectivity index (χ4n) is 3.51. The Morgan fingerprint density at radius 3 is 2.59 bits per heavy atom. The molecule has 3 rings (SSSR count). The van der Waals surface area contributed by atoms with Gasteiger partial charge in [-0.3, -0.25) is 4.90 Å². The van der Waals surface area contributed by atoms with E-state index in [9.17, 15) is 13.2 Å². The molecule has 27 heavy (non-hydrogen) atoms. The molecular weight excluding hydrogens is 369 g/mol. The Balaban J connectivity index is 0.000000321. The molecule has 0 radical (unpaired) electrons. The van der Waals surface area contributed by atoms with Gasteiger partial charge in [-0.1, -0.05) is 5.16 Å². The van der Waals surface area contributed by atoms with Crippen LogP contribution in [0.4, 0.5) is 13.2 Å². The van der Waals surface area contributed by atoms with Gasteiger partial charge in [0, 0.05) is 32.2 Å². The lowest BCUT2D eigenvalue weighted by atomic mass is 9.89. The van der Waals surface area contributed by atoms with Gasteiger partial charge in [-0.2, -0.15) is 13.2 Å². The van der Waals surface area contributed by atoms with Crippen molar-refractivity contribution in [1.82, 2.24) is 10.1 Å². The topological polar surface area (TPSA) is 85.0 Å². The number of rotatable bonds is 3. The van der Waals surface area contributed by atoms with Crippen molar-refractivity contribution >= 4 is 5.97 Å². The van der Waals surface area contributed by atoms with Crippen LogP contribution in [-0.4, -0.2) is 65.8 Å². The summed E-state index contributed by atoms with van der Waals surface area (Å²) in [4.78, 5) is 11.4. The van der Waals surface area contributed by atoms with Crippen LogP contribution in [0.15, 0.2) is 4.52 Å². The largest absolute Gasteiger partial charge is 0.490 e. The summed E-state index contributed by atoms with van der Waals surface area (Å²) in [6, 6.07) is 0. The van der Waals surface area contributed by atoms with Crippen LogP contribution in [0.25, 0.3) is 0 Å². The first-order valence-electron chi connectivity index (χ1n) is 8.67. The molecule has 0 bridgehead atoms. The number of nitrogens with zero attached hydrogens (tertiary/aromatic N) is 2. The molecule has 2 atom stereocenters. The van der Waals surface area contributed by atoms with E-state index in [4.69, 9.17) is 23.9 Å². The van der Waals surface area contributed by atoms with E-state index in [-0.39, 0.29) is 11.7 Å². The van der Waals surface area contributed by atoms with E-state index in [2.05, 4.69) is 10.1 Å². The molecule has 3 heterocycles. The molecule has 0 amide bonds. The summed E-state index contributed by atoms with van der Waals surface area (Å²) in [7, 11) is 1.78. The van der Waals surface area contributed by atoms with Crippen LogP contribution in [0.5, 0.6) is 0 Å².